The molecule has 0 aliphatic carbocycles. The third kappa shape index (κ3) is 6.68. The number of nitrogens with two attached hydrogens (primary N) is 1. The monoisotopic (exact) mass is 296 g/mol. The Morgan fingerprint density at radius 1 is 1.30 bits per heavy atom. The minimum absolute atomic E-state index is 0.0703. The number of nitrogens with one attached hydrogen (secondary N) is 1. The fourth-order valence-electron chi connectivity index (χ4n) is 1.52. The van der Waals surface area contributed by atoms with Crippen molar-refractivity contribution in [3.63, 3.8) is 0 Å². The zero-order chi connectivity index (χ0) is 14.8. The minimum Gasteiger partial charge on any atom is -0.385 e. The summed E-state index contributed by atoms with van der Waals surface area (Å²) >= 11 is 0. The zero-order valence-corrected chi connectivity index (χ0v) is 12.4. The fourth-order valence-corrected chi connectivity index (χ4v) is 2.55. The first-order valence-corrected chi connectivity index (χ1v) is 7.97. The lowest BCUT2D eigenvalue weighted by Gasteiger charge is -2.06. The summed E-state index contributed by atoms with van der Waals surface area (Å²) in [5.74, 6) is 5.74. The first-order valence-electron chi connectivity index (χ1n) is 6.31. The van der Waals surface area contributed by atoms with Crippen molar-refractivity contribution in [3.8, 4) is 11.8 Å². The summed E-state index contributed by atoms with van der Waals surface area (Å²) in [4.78, 5) is 0. The molecule has 0 aliphatic rings. The molecule has 0 saturated heterocycles. The van der Waals surface area contributed by atoms with E-state index in [4.69, 9.17) is 10.5 Å². The molecule has 0 spiro atoms. The largest absolute Gasteiger partial charge is 0.385 e. The summed E-state index contributed by atoms with van der Waals surface area (Å²) in [6.45, 7) is 1.04. The number of ether oxygens (including phenoxy) is 1. The van der Waals surface area contributed by atoms with Crippen LogP contribution in [0.15, 0.2) is 24.3 Å². The molecule has 1 aromatic rings. The molecule has 0 aliphatic heterocycles. The Hall–Kier alpha value is -1.39. The lowest BCUT2D eigenvalue weighted by atomic mass is 10.1. The van der Waals surface area contributed by atoms with Crippen molar-refractivity contribution in [2.75, 3.05) is 26.0 Å². The van der Waals surface area contributed by atoms with Crippen molar-refractivity contribution < 1.29 is 13.2 Å². The quantitative estimate of drug-likeness (QED) is 0.565. The smallest absolute Gasteiger partial charge is 0.211 e. The van der Waals surface area contributed by atoms with Gasteiger partial charge in [0.05, 0.1) is 12.3 Å². The molecule has 110 valence electrons. The minimum atomic E-state index is -3.25. The van der Waals surface area contributed by atoms with Crippen LogP contribution in [0.1, 0.15) is 17.5 Å². The Morgan fingerprint density at radius 3 is 2.60 bits per heavy atom. The Balaban J connectivity index is 2.49. The van der Waals surface area contributed by atoms with Gasteiger partial charge in [-0.15, -0.1) is 0 Å². The Labute approximate surface area is 120 Å². The summed E-state index contributed by atoms with van der Waals surface area (Å²) in [5, 5.41) is 0. The molecule has 0 bridgehead atoms. The lowest BCUT2D eigenvalue weighted by Crippen LogP contribution is -2.26. The molecular weight excluding hydrogens is 276 g/mol. The maximum atomic E-state index is 11.7. The van der Waals surface area contributed by atoms with Gasteiger partial charge in [-0.3, -0.25) is 0 Å². The van der Waals surface area contributed by atoms with Gasteiger partial charge < -0.3 is 10.5 Å². The third-order valence-corrected chi connectivity index (χ3v) is 3.96. The van der Waals surface area contributed by atoms with Crippen LogP contribution in [0.2, 0.25) is 0 Å². The molecule has 0 atom stereocenters. The van der Waals surface area contributed by atoms with Crippen LogP contribution in [-0.4, -0.2) is 34.4 Å². The van der Waals surface area contributed by atoms with E-state index < -0.39 is 10.0 Å². The van der Waals surface area contributed by atoms with Crippen LogP contribution >= 0.6 is 0 Å². The molecule has 6 heteroatoms. The molecule has 1 aromatic carbocycles. The van der Waals surface area contributed by atoms with E-state index in [2.05, 4.69) is 16.6 Å². The first-order chi connectivity index (χ1) is 9.57. The van der Waals surface area contributed by atoms with E-state index in [9.17, 15) is 8.42 Å². The number of rotatable bonds is 7. The molecule has 0 saturated carbocycles. The predicted molar refractivity (Wildman–Crippen MR) is 79.5 cm³/mol. The molecule has 0 aromatic heterocycles. The molecule has 20 heavy (non-hydrogen) atoms. The molecule has 0 radical (unpaired) electrons. The van der Waals surface area contributed by atoms with E-state index in [1.54, 1.807) is 7.11 Å². The standard InChI is InChI=1S/C14H20N2O3S/c1-19-10-3-11-20(17,18)16-12-14-7-5-13(6-8-14)4-2-9-15/h5-8,16H,3,9-12,15H2,1H3. The molecular formula is C14H20N2O3S. The molecule has 0 amide bonds. The third-order valence-electron chi connectivity index (χ3n) is 2.55. The summed E-state index contributed by atoms with van der Waals surface area (Å²) in [6.07, 6.45) is 0.486. The highest BCUT2D eigenvalue weighted by atomic mass is 32.2. The van der Waals surface area contributed by atoms with Gasteiger partial charge >= 0.3 is 0 Å². The van der Waals surface area contributed by atoms with Gasteiger partial charge in [-0.1, -0.05) is 24.0 Å². The summed E-state index contributed by atoms with van der Waals surface area (Å²) in [7, 11) is -1.70. The van der Waals surface area contributed by atoms with Crippen LogP contribution in [0.5, 0.6) is 0 Å². The highest BCUT2D eigenvalue weighted by molar-refractivity contribution is 7.89. The van der Waals surface area contributed by atoms with Gasteiger partial charge in [0, 0.05) is 25.8 Å². The number of methoxy groups -OCH3 is 1. The SMILES string of the molecule is COCCCS(=O)(=O)NCc1ccc(C#CCN)cc1. The fraction of sp³-hybridized carbons (Fsp3) is 0.429. The topological polar surface area (TPSA) is 81.4 Å². The van der Waals surface area contributed by atoms with Crippen LogP contribution in [0.4, 0.5) is 0 Å². The van der Waals surface area contributed by atoms with E-state index in [0.29, 0.717) is 19.6 Å². The Morgan fingerprint density at radius 2 is 2.00 bits per heavy atom. The number of benzene rings is 1. The Bertz CT molecular complexity index is 556. The Kier molecular flexibility index (Phi) is 7.26. The van der Waals surface area contributed by atoms with Gasteiger partial charge in [0.25, 0.3) is 0 Å². The normalized spacial score (nSPS) is 10.9. The van der Waals surface area contributed by atoms with Gasteiger partial charge in [-0.2, -0.15) is 0 Å². The summed E-state index contributed by atoms with van der Waals surface area (Å²) in [6, 6.07) is 7.38. The van der Waals surface area contributed by atoms with Gasteiger partial charge in [-0.25, -0.2) is 13.1 Å². The average Bonchev–Trinajstić information content (AvgIpc) is 2.44. The van der Waals surface area contributed by atoms with Crippen molar-refractivity contribution in [1.29, 1.82) is 0 Å². The summed E-state index contributed by atoms with van der Waals surface area (Å²) in [5.41, 5.74) is 7.04. The number of sulfonamides is 1. The number of hydrogen-bond donors (Lipinski definition) is 2. The second-order valence-electron chi connectivity index (χ2n) is 4.19. The van der Waals surface area contributed by atoms with Gasteiger partial charge in [0.1, 0.15) is 0 Å². The first kappa shape index (κ1) is 16.7. The van der Waals surface area contributed by atoms with Crippen LogP contribution < -0.4 is 10.5 Å². The van der Waals surface area contributed by atoms with E-state index in [1.165, 1.54) is 0 Å². The second-order valence-corrected chi connectivity index (χ2v) is 6.12. The van der Waals surface area contributed by atoms with E-state index in [0.717, 1.165) is 11.1 Å². The number of hydrogen-bond acceptors (Lipinski definition) is 4. The maximum Gasteiger partial charge on any atom is 0.211 e. The van der Waals surface area contributed by atoms with Crippen molar-refractivity contribution in [2.45, 2.75) is 13.0 Å². The second kappa shape index (κ2) is 8.72. The molecule has 0 unspecified atom stereocenters. The van der Waals surface area contributed by atoms with Crippen molar-refractivity contribution in [2.24, 2.45) is 5.73 Å². The van der Waals surface area contributed by atoms with Gasteiger partial charge in [-0.05, 0) is 24.1 Å². The van der Waals surface area contributed by atoms with E-state index in [-0.39, 0.29) is 12.3 Å². The van der Waals surface area contributed by atoms with Crippen molar-refractivity contribution in [3.05, 3.63) is 35.4 Å². The average molecular weight is 296 g/mol. The van der Waals surface area contributed by atoms with Crippen LogP contribution in [-0.2, 0) is 21.3 Å². The van der Waals surface area contributed by atoms with Crippen LogP contribution in [0.25, 0.3) is 0 Å². The van der Waals surface area contributed by atoms with Crippen molar-refractivity contribution in [1.82, 2.24) is 4.72 Å². The molecule has 0 fully saturated rings. The molecule has 3 N–H and O–H groups in total. The maximum absolute atomic E-state index is 11.7. The van der Waals surface area contributed by atoms with E-state index >= 15 is 0 Å². The molecule has 1 rings (SSSR count). The van der Waals surface area contributed by atoms with E-state index in [1.807, 2.05) is 24.3 Å². The van der Waals surface area contributed by atoms with Gasteiger partial charge in [0.2, 0.25) is 10.0 Å². The highest BCUT2D eigenvalue weighted by Gasteiger charge is 2.09. The predicted octanol–water partition coefficient (Wildman–Crippen LogP) is 0.453. The van der Waals surface area contributed by atoms with Gasteiger partial charge in [0.15, 0.2) is 0 Å². The zero-order valence-electron chi connectivity index (χ0n) is 11.6. The lowest BCUT2D eigenvalue weighted by molar-refractivity contribution is 0.199. The molecule has 0 heterocycles. The van der Waals surface area contributed by atoms with Crippen LogP contribution in [0.3, 0.4) is 0 Å². The molecule has 5 nitrogen and oxygen atoms in total. The summed E-state index contributed by atoms with van der Waals surface area (Å²) < 4.78 is 30.8. The van der Waals surface area contributed by atoms with Crippen molar-refractivity contribution >= 4 is 10.0 Å². The highest BCUT2D eigenvalue weighted by Crippen LogP contribution is 2.04. The van der Waals surface area contributed by atoms with Crippen LogP contribution in [0, 0.1) is 11.8 Å².